The number of carbonyl (C=O) groups is 2. The number of pyridine rings is 1. The molecule has 3 heterocycles. The normalized spacial score (nSPS) is 17.0. The number of nitrogens with one attached hydrogen (secondary N) is 2. The number of amidine groups is 1. The molecule has 0 saturated carbocycles. The van der Waals surface area contributed by atoms with Gasteiger partial charge in [0.2, 0.25) is 11.9 Å². The molecule has 1 radical (unpaired) electrons. The van der Waals surface area contributed by atoms with Gasteiger partial charge in [0.1, 0.15) is 11.8 Å². The van der Waals surface area contributed by atoms with E-state index in [-0.39, 0.29) is 23.7 Å². The quantitative estimate of drug-likeness (QED) is 0.394. The van der Waals surface area contributed by atoms with Crippen LogP contribution >= 0.6 is 0 Å². The molecule has 0 bridgehead atoms. The predicted molar refractivity (Wildman–Crippen MR) is 131 cm³/mol. The van der Waals surface area contributed by atoms with Gasteiger partial charge in [-0.25, -0.2) is 10.3 Å². The van der Waals surface area contributed by atoms with Gasteiger partial charge in [0.25, 0.3) is 0 Å². The molecule has 2 aromatic rings. The van der Waals surface area contributed by atoms with Crippen molar-refractivity contribution in [2.75, 3.05) is 20.1 Å². The van der Waals surface area contributed by atoms with Crippen LogP contribution in [0.1, 0.15) is 51.0 Å². The molecule has 0 aliphatic carbocycles. The molecule has 34 heavy (non-hydrogen) atoms. The highest BCUT2D eigenvalue weighted by molar-refractivity contribution is 6.00. The van der Waals surface area contributed by atoms with Crippen LogP contribution in [0.3, 0.4) is 0 Å². The number of rotatable bonds is 11. The van der Waals surface area contributed by atoms with Gasteiger partial charge in [-0.2, -0.15) is 4.39 Å². The standard InChI is InChI=1S/C26H32FN5O2/c1-3-19(33)10-5-4-6-12-22(31-26(34)18-15-32(2)16-18)25-28-14-23(30-25)20-13-17-9-7-8-11-21(17)29-24(20)27/h7-9,11,13-14,18,22,30H,3-6,10,12,15-16H2,1-2H3,(H,31,34)/q+1/t22-/m0/s1. The minimum atomic E-state index is -0.562. The highest BCUT2D eigenvalue weighted by atomic mass is 19.1. The number of benzene rings is 1. The largest absolute Gasteiger partial charge is 0.342 e. The number of likely N-dealkylation sites (tertiary alicyclic amines) is 1. The van der Waals surface area contributed by atoms with Crippen LogP contribution < -0.4 is 15.6 Å². The van der Waals surface area contributed by atoms with Gasteiger partial charge in [0.15, 0.2) is 11.9 Å². The summed E-state index contributed by atoms with van der Waals surface area (Å²) >= 11 is 0. The highest BCUT2D eigenvalue weighted by Gasteiger charge is 2.36. The van der Waals surface area contributed by atoms with Crippen molar-refractivity contribution in [3.05, 3.63) is 48.0 Å². The predicted octanol–water partition coefficient (Wildman–Crippen LogP) is 2.99. The Morgan fingerprint density at radius 2 is 2.06 bits per heavy atom. The van der Waals surface area contributed by atoms with Gasteiger partial charge < -0.3 is 10.2 Å². The number of Topliss-reactive ketones (excluding diaryl/α,β-unsaturated/α-hetero) is 1. The van der Waals surface area contributed by atoms with E-state index >= 15 is 0 Å². The fourth-order valence-corrected chi connectivity index (χ4v) is 4.39. The van der Waals surface area contributed by atoms with Crippen molar-refractivity contribution in [2.24, 2.45) is 5.92 Å². The number of aromatic nitrogens is 1. The fraction of sp³-hybridized carbons (Fsp3) is 0.462. The first-order chi connectivity index (χ1) is 16.4. The SMILES string of the molecule is CCC(=O)CCCCC[C@H](NC(=O)C1CN(C)C1)C1=[N+]C=C(c2cc3ccccc3nc2F)N1. The molecule has 0 unspecified atom stereocenters. The maximum Gasteiger partial charge on any atom is 0.319 e. The van der Waals surface area contributed by atoms with Crippen molar-refractivity contribution in [3.63, 3.8) is 0 Å². The molecule has 4 rings (SSSR count). The molecular formula is C26H32FN5O2+. The van der Waals surface area contributed by atoms with E-state index in [4.69, 9.17) is 0 Å². The third-order valence-electron chi connectivity index (χ3n) is 6.49. The first-order valence-electron chi connectivity index (χ1n) is 12.1. The van der Waals surface area contributed by atoms with Crippen molar-refractivity contribution in [1.82, 2.24) is 25.5 Å². The van der Waals surface area contributed by atoms with Gasteiger partial charge in [0, 0.05) is 31.3 Å². The number of unbranched alkanes of at least 4 members (excludes halogenated alkanes) is 2. The van der Waals surface area contributed by atoms with Crippen LogP contribution in [-0.4, -0.2) is 53.6 Å². The fourth-order valence-electron chi connectivity index (χ4n) is 4.39. The van der Waals surface area contributed by atoms with E-state index in [1.54, 1.807) is 18.3 Å². The Balaban J connectivity index is 1.41. The summed E-state index contributed by atoms with van der Waals surface area (Å²) < 4.78 is 14.7. The van der Waals surface area contributed by atoms with E-state index in [1.165, 1.54) is 0 Å². The van der Waals surface area contributed by atoms with Gasteiger partial charge in [0.05, 0.1) is 17.0 Å². The molecular weight excluding hydrogens is 433 g/mol. The second-order valence-corrected chi connectivity index (χ2v) is 9.17. The minimum Gasteiger partial charge on any atom is -0.342 e. The van der Waals surface area contributed by atoms with Crippen LogP contribution in [0.4, 0.5) is 4.39 Å². The van der Waals surface area contributed by atoms with E-state index < -0.39 is 5.95 Å². The van der Waals surface area contributed by atoms with Gasteiger partial charge in [-0.3, -0.25) is 9.59 Å². The average molecular weight is 466 g/mol. The van der Waals surface area contributed by atoms with Crippen LogP contribution in [0, 0.1) is 11.9 Å². The molecule has 179 valence electrons. The van der Waals surface area contributed by atoms with Crippen molar-refractivity contribution in [2.45, 2.75) is 51.5 Å². The highest BCUT2D eigenvalue weighted by Crippen LogP contribution is 2.22. The third kappa shape index (κ3) is 5.67. The number of hydrogen-bond donors (Lipinski definition) is 2. The van der Waals surface area contributed by atoms with Gasteiger partial charge in [-0.15, -0.1) is 0 Å². The summed E-state index contributed by atoms with van der Waals surface area (Å²) in [5.74, 6) is 0.313. The van der Waals surface area contributed by atoms with Gasteiger partial charge in [-0.1, -0.05) is 38.0 Å². The lowest BCUT2D eigenvalue weighted by atomic mass is 9.98. The Morgan fingerprint density at radius 3 is 2.82 bits per heavy atom. The molecule has 1 amide bonds. The van der Waals surface area contributed by atoms with Crippen molar-refractivity contribution in [1.29, 1.82) is 0 Å². The second-order valence-electron chi connectivity index (χ2n) is 9.17. The molecule has 7 nitrogen and oxygen atoms in total. The number of aliphatic imine (C=N–C) groups is 1. The molecule has 1 aromatic carbocycles. The monoisotopic (exact) mass is 465 g/mol. The summed E-state index contributed by atoms with van der Waals surface area (Å²) in [7, 11) is 1.99. The number of para-hydroxylation sites is 1. The maximum absolute atomic E-state index is 14.7. The van der Waals surface area contributed by atoms with Gasteiger partial charge >= 0.3 is 5.84 Å². The minimum absolute atomic E-state index is 0.0146. The molecule has 1 fully saturated rings. The number of halogens is 1. The zero-order chi connectivity index (χ0) is 24.1. The molecule has 8 heteroatoms. The molecule has 1 saturated heterocycles. The van der Waals surface area contributed by atoms with Crippen molar-refractivity contribution in [3.8, 4) is 0 Å². The summed E-state index contributed by atoms with van der Waals surface area (Å²) in [6.45, 7) is 3.37. The van der Waals surface area contributed by atoms with E-state index in [0.29, 0.717) is 41.9 Å². The molecule has 1 aromatic heterocycles. The summed E-state index contributed by atoms with van der Waals surface area (Å²) in [6, 6.07) is 8.85. The Bertz CT molecular complexity index is 1120. The third-order valence-corrected chi connectivity index (χ3v) is 6.49. The Kier molecular flexibility index (Phi) is 7.67. The first-order valence-corrected chi connectivity index (χ1v) is 12.1. The number of hydrogen-bond acceptors (Lipinski definition) is 6. The maximum atomic E-state index is 14.7. The number of ketones is 1. The lowest BCUT2D eigenvalue weighted by Gasteiger charge is -2.35. The van der Waals surface area contributed by atoms with Gasteiger partial charge in [-0.05, 0) is 37.0 Å². The van der Waals surface area contributed by atoms with Crippen molar-refractivity contribution < 1.29 is 14.0 Å². The number of fused-ring (bicyclic) bond motifs is 1. The van der Waals surface area contributed by atoms with Crippen LogP contribution in [0.15, 0.2) is 36.5 Å². The summed E-state index contributed by atoms with van der Waals surface area (Å²) in [6.07, 6.45) is 6.07. The van der Waals surface area contributed by atoms with Crippen LogP contribution in [0.5, 0.6) is 0 Å². The number of amides is 1. The summed E-state index contributed by atoms with van der Waals surface area (Å²) in [5, 5.41) is 7.21. The lowest BCUT2D eigenvalue weighted by molar-refractivity contribution is -0.130. The Morgan fingerprint density at radius 1 is 1.26 bits per heavy atom. The lowest BCUT2D eigenvalue weighted by Crippen LogP contribution is -2.55. The first kappa shape index (κ1) is 24.0. The average Bonchev–Trinajstić information content (AvgIpc) is 3.30. The van der Waals surface area contributed by atoms with Crippen molar-refractivity contribution >= 4 is 34.1 Å². The Labute approximate surface area is 199 Å². The summed E-state index contributed by atoms with van der Waals surface area (Å²) in [5.41, 5.74) is 1.48. The molecule has 2 aliphatic rings. The van der Waals surface area contributed by atoms with E-state index in [9.17, 15) is 14.0 Å². The molecule has 2 aliphatic heterocycles. The van der Waals surface area contributed by atoms with Crippen LogP contribution in [-0.2, 0) is 9.59 Å². The topological polar surface area (TPSA) is 88.4 Å². The van der Waals surface area contributed by atoms with Crippen LogP contribution in [0.25, 0.3) is 16.6 Å². The van der Waals surface area contributed by atoms with E-state index in [2.05, 4.69) is 25.5 Å². The smallest absolute Gasteiger partial charge is 0.319 e. The zero-order valence-electron chi connectivity index (χ0n) is 19.8. The Hall–Kier alpha value is -3.13. The number of carbonyl (C=O) groups excluding carboxylic acids is 2. The number of nitrogens with zero attached hydrogens (tertiary/aromatic N) is 3. The molecule has 0 spiro atoms. The molecule has 1 atom stereocenters. The molecule has 2 N–H and O–H groups in total. The van der Waals surface area contributed by atoms with E-state index in [1.807, 2.05) is 32.2 Å². The second kappa shape index (κ2) is 10.9. The van der Waals surface area contributed by atoms with Crippen LogP contribution in [0.2, 0.25) is 0 Å². The zero-order valence-corrected chi connectivity index (χ0v) is 19.8. The summed E-state index contributed by atoms with van der Waals surface area (Å²) in [4.78, 5) is 35.0. The van der Waals surface area contributed by atoms with E-state index in [0.717, 1.165) is 37.7 Å².